The number of carbonyl (C=O) groups is 1. The van der Waals surface area contributed by atoms with E-state index in [0.29, 0.717) is 23.0 Å². The number of halogens is 8. The SMILES string of the molecule is CCN(C(C)=O)c1c(C(F)(F)F)cnn1-c1c(Cl)cc(C(F)(F)F)cc1Cl. The van der Waals surface area contributed by atoms with Gasteiger partial charge in [-0.3, -0.25) is 9.69 Å². The van der Waals surface area contributed by atoms with E-state index in [4.69, 9.17) is 23.2 Å². The van der Waals surface area contributed by atoms with Crippen LogP contribution in [0.15, 0.2) is 18.3 Å². The minimum Gasteiger partial charge on any atom is -0.297 e. The average Bonchev–Trinajstić information content (AvgIpc) is 2.90. The van der Waals surface area contributed by atoms with Gasteiger partial charge < -0.3 is 0 Å². The fourth-order valence-corrected chi connectivity index (χ4v) is 3.07. The van der Waals surface area contributed by atoms with Gasteiger partial charge in [-0.25, -0.2) is 4.68 Å². The summed E-state index contributed by atoms with van der Waals surface area (Å²) in [4.78, 5) is 12.6. The van der Waals surface area contributed by atoms with Crippen molar-refractivity contribution < 1.29 is 31.1 Å². The quantitative estimate of drug-likeness (QED) is 0.591. The molecular weight excluding hydrogens is 423 g/mol. The van der Waals surface area contributed by atoms with E-state index in [-0.39, 0.29) is 6.54 Å². The lowest BCUT2D eigenvalue weighted by Crippen LogP contribution is -2.32. The molecule has 0 saturated carbocycles. The summed E-state index contributed by atoms with van der Waals surface area (Å²) in [5.41, 5.74) is -2.84. The number of hydrogen-bond acceptors (Lipinski definition) is 2. The van der Waals surface area contributed by atoms with Crippen molar-refractivity contribution in [2.45, 2.75) is 26.2 Å². The van der Waals surface area contributed by atoms with Crippen LogP contribution in [0.1, 0.15) is 25.0 Å². The first-order valence-electron chi connectivity index (χ1n) is 7.29. The highest BCUT2D eigenvalue weighted by Gasteiger charge is 2.40. The van der Waals surface area contributed by atoms with Crippen LogP contribution in [0.3, 0.4) is 0 Å². The summed E-state index contributed by atoms with van der Waals surface area (Å²) in [7, 11) is 0. The molecule has 0 aliphatic carbocycles. The molecule has 2 rings (SSSR count). The van der Waals surface area contributed by atoms with Gasteiger partial charge in [0.1, 0.15) is 11.3 Å². The second kappa shape index (κ2) is 7.23. The molecule has 0 aliphatic rings. The Morgan fingerprint density at radius 1 is 1.11 bits per heavy atom. The molecule has 1 aromatic heterocycles. The molecule has 0 bridgehead atoms. The van der Waals surface area contributed by atoms with Crippen LogP contribution in [0.2, 0.25) is 10.0 Å². The molecule has 0 fully saturated rings. The Hall–Kier alpha value is -1.94. The molecule has 27 heavy (non-hydrogen) atoms. The minimum absolute atomic E-state index is 0.153. The van der Waals surface area contributed by atoms with Crippen molar-refractivity contribution in [3.05, 3.63) is 39.5 Å². The van der Waals surface area contributed by atoms with Crippen molar-refractivity contribution >= 4 is 34.9 Å². The van der Waals surface area contributed by atoms with Gasteiger partial charge in [-0.15, -0.1) is 0 Å². The summed E-state index contributed by atoms with van der Waals surface area (Å²) < 4.78 is 79.3. The van der Waals surface area contributed by atoms with Gasteiger partial charge >= 0.3 is 12.4 Å². The monoisotopic (exact) mass is 433 g/mol. The maximum absolute atomic E-state index is 13.4. The number of hydrogen-bond donors (Lipinski definition) is 0. The molecule has 148 valence electrons. The summed E-state index contributed by atoms with van der Waals surface area (Å²) in [5.74, 6) is -1.43. The van der Waals surface area contributed by atoms with E-state index in [2.05, 4.69) is 5.10 Å². The van der Waals surface area contributed by atoms with Gasteiger partial charge in [0.05, 0.1) is 21.8 Å². The zero-order chi connectivity index (χ0) is 20.7. The largest absolute Gasteiger partial charge is 0.421 e. The first kappa shape index (κ1) is 21.4. The van der Waals surface area contributed by atoms with E-state index in [1.165, 1.54) is 6.92 Å². The molecule has 0 N–H and O–H groups in total. The third-order valence-corrected chi connectivity index (χ3v) is 4.13. The van der Waals surface area contributed by atoms with Gasteiger partial charge in [-0.2, -0.15) is 31.4 Å². The smallest absolute Gasteiger partial charge is 0.297 e. The van der Waals surface area contributed by atoms with Crippen molar-refractivity contribution in [3.63, 3.8) is 0 Å². The van der Waals surface area contributed by atoms with Crippen LogP contribution in [0.4, 0.5) is 32.2 Å². The summed E-state index contributed by atoms with van der Waals surface area (Å²) >= 11 is 11.7. The zero-order valence-corrected chi connectivity index (χ0v) is 15.2. The molecule has 0 radical (unpaired) electrons. The maximum atomic E-state index is 13.4. The average molecular weight is 434 g/mol. The molecule has 1 heterocycles. The first-order valence-corrected chi connectivity index (χ1v) is 8.04. The van der Waals surface area contributed by atoms with Crippen molar-refractivity contribution in [1.29, 1.82) is 0 Å². The van der Waals surface area contributed by atoms with Crippen molar-refractivity contribution in [3.8, 4) is 5.69 Å². The fourth-order valence-electron chi connectivity index (χ4n) is 2.42. The Kier molecular flexibility index (Phi) is 5.72. The number of anilines is 1. The minimum atomic E-state index is -4.87. The number of benzene rings is 1. The normalized spacial score (nSPS) is 12.4. The van der Waals surface area contributed by atoms with Crippen LogP contribution in [0.5, 0.6) is 0 Å². The van der Waals surface area contributed by atoms with Gasteiger partial charge in [0, 0.05) is 13.5 Å². The molecule has 4 nitrogen and oxygen atoms in total. The zero-order valence-electron chi connectivity index (χ0n) is 13.7. The van der Waals surface area contributed by atoms with E-state index in [9.17, 15) is 31.1 Å². The van der Waals surface area contributed by atoms with Crippen molar-refractivity contribution in [2.75, 3.05) is 11.4 Å². The van der Waals surface area contributed by atoms with E-state index < -0.39 is 50.9 Å². The van der Waals surface area contributed by atoms with Crippen LogP contribution in [-0.4, -0.2) is 22.2 Å². The Balaban J connectivity index is 2.81. The van der Waals surface area contributed by atoms with E-state index >= 15 is 0 Å². The Bertz CT molecular complexity index is 852. The maximum Gasteiger partial charge on any atom is 0.421 e. The van der Waals surface area contributed by atoms with Gasteiger partial charge in [0.25, 0.3) is 0 Å². The lowest BCUT2D eigenvalue weighted by atomic mass is 10.2. The molecule has 1 amide bonds. The fraction of sp³-hybridized carbons (Fsp3) is 0.333. The molecule has 0 spiro atoms. The summed E-state index contributed by atoms with van der Waals surface area (Å²) in [6.07, 6.45) is -9.18. The van der Waals surface area contributed by atoms with E-state index in [0.717, 1.165) is 11.8 Å². The van der Waals surface area contributed by atoms with Crippen LogP contribution < -0.4 is 4.90 Å². The number of carbonyl (C=O) groups excluding carboxylic acids is 1. The molecule has 1 aromatic carbocycles. The lowest BCUT2D eigenvalue weighted by molar-refractivity contribution is -0.138. The molecular formula is C15H11Cl2F6N3O. The van der Waals surface area contributed by atoms with Crippen molar-refractivity contribution in [1.82, 2.24) is 9.78 Å². The molecule has 0 unspecified atom stereocenters. The highest BCUT2D eigenvalue weighted by Crippen LogP contribution is 2.42. The van der Waals surface area contributed by atoms with E-state index in [1.807, 2.05) is 0 Å². The van der Waals surface area contributed by atoms with Crippen LogP contribution in [-0.2, 0) is 17.1 Å². The van der Waals surface area contributed by atoms with E-state index in [1.54, 1.807) is 0 Å². The predicted octanol–water partition coefficient (Wildman–Crippen LogP) is 5.59. The number of amides is 1. The first-order chi connectivity index (χ1) is 12.3. The van der Waals surface area contributed by atoms with Crippen LogP contribution >= 0.6 is 23.2 Å². The summed E-state index contributed by atoms with van der Waals surface area (Å²) in [6.45, 7) is 2.31. The number of nitrogens with zero attached hydrogens (tertiary/aromatic N) is 3. The highest BCUT2D eigenvalue weighted by molar-refractivity contribution is 6.38. The van der Waals surface area contributed by atoms with Gasteiger partial charge in [-0.1, -0.05) is 23.2 Å². The Morgan fingerprint density at radius 2 is 1.63 bits per heavy atom. The van der Waals surface area contributed by atoms with Gasteiger partial charge in [0.2, 0.25) is 5.91 Å². The Morgan fingerprint density at radius 3 is 2.00 bits per heavy atom. The molecule has 0 saturated heterocycles. The summed E-state index contributed by atoms with van der Waals surface area (Å²) in [6, 6.07) is 1.04. The third kappa shape index (κ3) is 4.16. The molecule has 0 atom stereocenters. The third-order valence-electron chi connectivity index (χ3n) is 3.56. The van der Waals surface area contributed by atoms with Gasteiger partial charge in [-0.05, 0) is 19.1 Å². The standard InChI is InChI=1S/C15H11Cl2F6N3O/c1-3-25(7(2)27)13-9(15(21,22)23)6-24-26(13)12-10(16)4-8(5-11(12)17)14(18,19)20/h4-6H,3H2,1-2H3. The molecule has 2 aromatic rings. The number of aromatic nitrogens is 2. The lowest BCUT2D eigenvalue weighted by Gasteiger charge is -2.23. The molecule has 0 aliphatic heterocycles. The second-order valence-electron chi connectivity index (χ2n) is 5.34. The van der Waals surface area contributed by atoms with Crippen molar-refractivity contribution in [2.24, 2.45) is 0 Å². The highest BCUT2D eigenvalue weighted by atomic mass is 35.5. The predicted molar refractivity (Wildman–Crippen MR) is 87.3 cm³/mol. The number of alkyl halides is 6. The van der Waals surface area contributed by atoms with Crippen LogP contribution in [0, 0.1) is 0 Å². The topological polar surface area (TPSA) is 38.1 Å². The Labute approximate surface area is 159 Å². The van der Waals surface area contributed by atoms with Crippen LogP contribution in [0.25, 0.3) is 5.69 Å². The number of rotatable bonds is 3. The van der Waals surface area contributed by atoms with Gasteiger partial charge in [0.15, 0.2) is 5.82 Å². The second-order valence-corrected chi connectivity index (χ2v) is 6.16. The summed E-state index contributed by atoms with van der Waals surface area (Å²) in [5, 5.41) is 2.42. The molecule has 12 heteroatoms.